The van der Waals surface area contributed by atoms with Crippen LogP contribution in [0.2, 0.25) is 0 Å². The fourth-order valence-electron chi connectivity index (χ4n) is 5.56. The highest BCUT2D eigenvalue weighted by molar-refractivity contribution is 7.99. The van der Waals surface area contributed by atoms with Crippen molar-refractivity contribution in [2.45, 2.75) is 36.9 Å². The van der Waals surface area contributed by atoms with Crippen molar-refractivity contribution < 1.29 is 22.8 Å². The maximum absolute atomic E-state index is 14.7. The van der Waals surface area contributed by atoms with Gasteiger partial charge in [-0.25, -0.2) is 18.6 Å². The number of quaternary nitrogens is 1. The number of piperidine rings is 3. The molecule has 1 amide bonds. The van der Waals surface area contributed by atoms with Crippen molar-refractivity contribution in [3.8, 4) is 0 Å². The first-order chi connectivity index (χ1) is 18.0. The van der Waals surface area contributed by atoms with Crippen molar-refractivity contribution >= 4 is 23.5 Å². The Morgan fingerprint density at radius 3 is 2.51 bits per heavy atom. The van der Waals surface area contributed by atoms with Crippen molar-refractivity contribution in [1.82, 2.24) is 4.98 Å². The molecule has 1 atom stereocenters. The maximum atomic E-state index is 14.7. The molecule has 2 aromatic carbocycles. The summed E-state index contributed by atoms with van der Waals surface area (Å²) in [5.74, 6) is 0.483. The summed E-state index contributed by atoms with van der Waals surface area (Å²) in [6, 6.07) is 18.0. The maximum Gasteiger partial charge on any atom is 0.415 e. The van der Waals surface area contributed by atoms with E-state index in [1.165, 1.54) is 23.1 Å². The van der Waals surface area contributed by atoms with E-state index in [0.29, 0.717) is 11.5 Å². The molecular weight excluding hydrogens is 492 g/mol. The van der Waals surface area contributed by atoms with Gasteiger partial charge in [0.15, 0.2) is 6.10 Å². The van der Waals surface area contributed by atoms with Gasteiger partial charge in [0.25, 0.3) is 0 Å². The molecule has 0 radical (unpaired) electrons. The lowest BCUT2D eigenvalue weighted by Crippen LogP contribution is -2.65. The molecule has 2 bridgehead atoms. The fourth-order valence-corrected chi connectivity index (χ4v) is 6.36. The number of amides is 1. The van der Waals surface area contributed by atoms with Crippen LogP contribution in [0.3, 0.4) is 0 Å². The second-order valence-electron chi connectivity index (χ2n) is 9.99. The number of rotatable bonds is 9. The zero-order chi connectivity index (χ0) is 25.7. The molecule has 0 spiro atoms. The Morgan fingerprint density at radius 2 is 1.78 bits per heavy atom. The van der Waals surface area contributed by atoms with Crippen molar-refractivity contribution in [3.63, 3.8) is 0 Å². The molecule has 8 heteroatoms. The first-order valence-corrected chi connectivity index (χ1v) is 13.9. The Hall–Kier alpha value is -2.97. The zero-order valence-corrected chi connectivity index (χ0v) is 21.6. The predicted octanol–water partition coefficient (Wildman–Crippen LogP) is 6.29. The number of thioether (sulfide) groups is 1. The topological polar surface area (TPSA) is 42.4 Å². The Balaban J connectivity index is 1.24. The fraction of sp³-hybridized carbons (Fsp3) is 0.379. The minimum atomic E-state index is -0.558. The highest BCUT2D eigenvalue weighted by atomic mass is 32.2. The summed E-state index contributed by atoms with van der Waals surface area (Å²) < 4.78 is 35.2. The standard InChI is InChI=1S/C29H32F2N3O2S/c30-24-11-9-22(10-12-24)20-33(26-7-2-1-6-25(26)31)29(35)36-27-21-34(17-13-23(27)14-18-34)16-5-19-37-28-8-3-4-15-32-28/h1-4,6-12,15,23,27H,5,13-14,16-21H2/q+1/t23?,27-,34?/m0/s1. The van der Waals surface area contributed by atoms with Crippen LogP contribution >= 0.6 is 11.8 Å². The summed E-state index contributed by atoms with van der Waals surface area (Å²) >= 11 is 1.77. The number of pyridine rings is 1. The number of nitrogens with zero attached hydrogens (tertiary/aromatic N) is 3. The summed E-state index contributed by atoms with van der Waals surface area (Å²) in [6.45, 7) is 4.17. The van der Waals surface area contributed by atoms with Gasteiger partial charge in [-0.3, -0.25) is 4.90 Å². The van der Waals surface area contributed by atoms with E-state index in [1.807, 2.05) is 24.4 Å². The number of halogens is 2. The zero-order valence-electron chi connectivity index (χ0n) is 20.8. The van der Waals surface area contributed by atoms with Crippen LogP contribution in [0.25, 0.3) is 0 Å². The van der Waals surface area contributed by atoms with Crippen molar-refractivity contribution in [1.29, 1.82) is 0 Å². The van der Waals surface area contributed by atoms with Crippen LogP contribution in [0, 0.1) is 17.6 Å². The van der Waals surface area contributed by atoms with Gasteiger partial charge in [-0.05, 0) is 42.0 Å². The van der Waals surface area contributed by atoms with Gasteiger partial charge in [-0.15, -0.1) is 11.8 Å². The average Bonchev–Trinajstić information content (AvgIpc) is 2.92. The van der Waals surface area contributed by atoms with E-state index in [1.54, 1.807) is 42.1 Å². The molecule has 37 heavy (non-hydrogen) atoms. The SMILES string of the molecule is O=C(O[C@H]1C[N+]2(CCCSc3ccccn3)CCC1CC2)N(Cc1ccc(F)cc1)c1ccccc1F. The number of carbonyl (C=O) groups excluding carboxylic acids is 1. The van der Waals surface area contributed by atoms with Gasteiger partial charge in [0.1, 0.15) is 18.2 Å². The lowest BCUT2D eigenvalue weighted by Gasteiger charge is -2.52. The van der Waals surface area contributed by atoms with E-state index in [-0.39, 0.29) is 24.2 Å². The number of ether oxygens (including phenoxy) is 1. The molecule has 194 valence electrons. The second-order valence-corrected chi connectivity index (χ2v) is 11.1. The molecular formula is C29H32F2N3O2S+. The van der Waals surface area contributed by atoms with Crippen LogP contribution in [-0.2, 0) is 11.3 Å². The number of carbonyl (C=O) groups is 1. The van der Waals surface area contributed by atoms with Crippen LogP contribution in [0.4, 0.5) is 19.3 Å². The Kier molecular flexibility index (Phi) is 8.05. The van der Waals surface area contributed by atoms with E-state index in [9.17, 15) is 13.6 Å². The molecule has 4 heterocycles. The molecule has 1 aromatic heterocycles. The molecule has 0 N–H and O–H groups in total. The van der Waals surface area contributed by atoms with Gasteiger partial charge >= 0.3 is 6.09 Å². The lowest BCUT2D eigenvalue weighted by atomic mass is 9.83. The summed E-state index contributed by atoms with van der Waals surface area (Å²) in [5.41, 5.74) is 0.859. The summed E-state index contributed by atoms with van der Waals surface area (Å²) in [6.07, 6.45) is 4.20. The average molecular weight is 525 g/mol. The third-order valence-electron chi connectivity index (χ3n) is 7.58. The summed E-state index contributed by atoms with van der Waals surface area (Å²) in [7, 11) is 0. The minimum absolute atomic E-state index is 0.0994. The van der Waals surface area contributed by atoms with E-state index >= 15 is 0 Å². The molecule has 3 aliphatic rings. The smallest absolute Gasteiger partial charge is 0.415 e. The second kappa shape index (κ2) is 11.6. The van der Waals surface area contributed by atoms with Gasteiger partial charge in [-0.2, -0.15) is 0 Å². The van der Waals surface area contributed by atoms with Gasteiger partial charge in [0, 0.05) is 37.1 Å². The molecule has 3 saturated heterocycles. The number of aromatic nitrogens is 1. The Morgan fingerprint density at radius 1 is 1.03 bits per heavy atom. The monoisotopic (exact) mass is 524 g/mol. The van der Waals surface area contributed by atoms with Crippen LogP contribution in [0.15, 0.2) is 78.0 Å². The molecule has 0 saturated carbocycles. The van der Waals surface area contributed by atoms with Crippen LogP contribution in [0.5, 0.6) is 0 Å². The number of fused-ring (bicyclic) bond motifs is 3. The lowest BCUT2D eigenvalue weighted by molar-refractivity contribution is -0.946. The first-order valence-electron chi connectivity index (χ1n) is 12.9. The highest BCUT2D eigenvalue weighted by Gasteiger charge is 2.47. The molecule has 0 aliphatic carbocycles. The van der Waals surface area contributed by atoms with Gasteiger partial charge in [-0.1, -0.05) is 30.3 Å². The first kappa shape index (κ1) is 25.7. The molecule has 3 fully saturated rings. The van der Waals surface area contributed by atoms with Crippen molar-refractivity contribution in [2.75, 3.05) is 36.8 Å². The highest BCUT2D eigenvalue weighted by Crippen LogP contribution is 2.37. The molecule has 0 unspecified atom stereocenters. The quantitative estimate of drug-likeness (QED) is 0.187. The number of hydrogen-bond donors (Lipinski definition) is 0. The third kappa shape index (κ3) is 6.30. The Labute approximate surface area is 221 Å². The molecule has 5 nitrogen and oxygen atoms in total. The largest absolute Gasteiger partial charge is 0.440 e. The van der Waals surface area contributed by atoms with E-state index in [4.69, 9.17) is 4.74 Å². The van der Waals surface area contributed by atoms with Crippen LogP contribution in [-0.4, -0.2) is 53.6 Å². The van der Waals surface area contributed by atoms with Gasteiger partial charge in [0.2, 0.25) is 0 Å². The normalized spacial score (nSPS) is 22.5. The van der Waals surface area contributed by atoms with Crippen molar-refractivity contribution in [3.05, 3.63) is 90.1 Å². The number of benzene rings is 2. The minimum Gasteiger partial charge on any atom is -0.440 e. The van der Waals surface area contributed by atoms with Crippen molar-refractivity contribution in [2.24, 2.45) is 5.92 Å². The number of para-hydroxylation sites is 1. The number of anilines is 1. The third-order valence-corrected chi connectivity index (χ3v) is 8.61. The predicted molar refractivity (Wildman–Crippen MR) is 141 cm³/mol. The van der Waals surface area contributed by atoms with E-state index in [0.717, 1.165) is 60.7 Å². The van der Waals surface area contributed by atoms with Gasteiger partial charge < -0.3 is 9.22 Å². The number of hydrogen-bond acceptors (Lipinski definition) is 4. The summed E-state index contributed by atoms with van der Waals surface area (Å²) in [4.78, 5) is 19.2. The molecule has 3 aromatic rings. The summed E-state index contributed by atoms with van der Waals surface area (Å²) in [5, 5.41) is 1.04. The van der Waals surface area contributed by atoms with Crippen LogP contribution < -0.4 is 4.90 Å². The van der Waals surface area contributed by atoms with E-state index < -0.39 is 11.9 Å². The van der Waals surface area contributed by atoms with Crippen LogP contribution in [0.1, 0.15) is 24.8 Å². The molecule has 3 aliphatic heterocycles. The molecule has 6 rings (SSSR count). The van der Waals surface area contributed by atoms with Gasteiger partial charge in [0.05, 0.1) is 36.9 Å². The Bertz CT molecular complexity index is 1190. The van der Waals surface area contributed by atoms with E-state index in [2.05, 4.69) is 4.98 Å².